The molecule has 8 aromatic rings. The Labute approximate surface area is 312 Å². The van der Waals surface area contributed by atoms with Gasteiger partial charge in [0, 0.05) is 45.3 Å². The highest BCUT2D eigenvalue weighted by atomic mass is 15.4. The molecule has 0 atom stereocenters. The number of aryl methyl sites for hydroxylation is 2. The number of rotatable bonds is 6. The minimum Gasteiger partial charge on any atom is -0.347 e. The van der Waals surface area contributed by atoms with Crippen LogP contribution in [-0.4, -0.2) is 21.8 Å². The normalized spacial score (nSPS) is 12.8. The number of aromatic nitrogens is 2. The quantitative estimate of drug-likeness (QED) is 0.174. The molecule has 9 rings (SSSR count). The van der Waals surface area contributed by atoms with Crippen molar-refractivity contribution in [3.05, 3.63) is 169 Å². The van der Waals surface area contributed by atoms with Crippen molar-refractivity contribution in [3.63, 3.8) is 0 Å². The first-order valence-electron chi connectivity index (χ1n) is 18.4. The molecule has 5 nitrogen and oxygen atoms in total. The number of anilines is 6. The Morgan fingerprint density at radius 3 is 2.02 bits per heavy atom. The van der Waals surface area contributed by atoms with Crippen LogP contribution in [0.4, 0.5) is 34.1 Å². The summed E-state index contributed by atoms with van der Waals surface area (Å²) in [4.78, 5) is 12.3. The third-order valence-corrected chi connectivity index (χ3v) is 10.6. The molecule has 1 aliphatic rings. The summed E-state index contributed by atoms with van der Waals surface area (Å²) in [5, 5.41) is 2.40. The zero-order valence-corrected chi connectivity index (χ0v) is 31.0. The van der Waals surface area contributed by atoms with Crippen molar-refractivity contribution in [2.45, 2.75) is 40.2 Å². The van der Waals surface area contributed by atoms with Crippen molar-refractivity contribution in [3.8, 4) is 16.9 Å². The molecule has 0 fully saturated rings. The minimum absolute atomic E-state index is 0.0144. The van der Waals surface area contributed by atoms with E-state index < -0.39 is 0 Å². The van der Waals surface area contributed by atoms with Gasteiger partial charge in [-0.15, -0.1) is 0 Å². The first kappa shape index (κ1) is 32.6. The van der Waals surface area contributed by atoms with Gasteiger partial charge in [0.2, 0.25) is 0 Å². The van der Waals surface area contributed by atoms with Crippen LogP contribution >= 0.6 is 0 Å². The fraction of sp³-hybridized carbons (Fsp3) is 0.146. The number of benzene rings is 6. The molecule has 0 spiro atoms. The highest BCUT2D eigenvalue weighted by Gasteiger charge is 2.33. The Morgan fingerprint density at radius 2 is 1.23 bits per heavy atom. The van der Waals surface area contributed by atoms with E-state index >= 15 is 0 Å². The highest BCUT2D eigenvalue weighted by Crippen LogP contribution is 2.46. The average molecular weight is 690 g/mol. The molecule has 0 aliphatic carbocycles. The monoisotopic (exact) mass is 689 g/mol. The maximum Gasteiger partial charge on any atom is 0.138 e. The van der Waals surface area contributed by atoms with Gasteiger partial charge in [0.15, 0.2) is 0 Å². The van der Waals surface area contributed by atoms with Gasteiger partial charge >= 0.3 is 0 Å². The second-order valence-corrected chi connectivity index (χ2v) is 15.1. The summed E-state index contributed by atoms with van der Waals surface area (Å²) >= 11 is 0. The fourth-order valence-corrected chi connectivity index (χ4v) is 8.14. The SMILES string of the molecule is Cc1cccc(C)c1-c1ccnc(-n2c3ccccc3c3ccc(N(c4ccccc4)c4cccc(N5CN(C(C)(C)C)c6ccccc65)c4)cc32)c1. The van der Waals surface area contributed by atoms with E-state index in [4.69, 9.17) is 4.98 Å². The van der Waals surface area contributed by atoms with Crippen LogP contribution in [0.2, 0.25) is 0 Å². The minimum atomic E-state index is -0.0144. The molecule has 0 saturated carbocycles. The molecular formula is C48H43N5. The number of fused-ring (bicyclic) bond motifs is 4. The van der Waals surface area contributed by atoms with Gasteiger partial charge in [0.05, 0.1) is 29.1 Å². The van der Waals surface area contributed by atoms with Crippen LogP contribution in [0.5, 0.6) is 0 Å². The first-order chi connectivity index (χ1) is 25.8. The summed E-state index contributed by atoms with van der Waals surface area (Å²) in [6.07, 6.45) is 1.94. The number of pyridine rings is 1. The van der Waals surface area contributed by atoms with E-state index in [9.17, 15) is 0 Å². The number of hydrogen-bond acceptors (Lipinski definition) is 4. The Balaban J connectivity index is 1.21. The van der Waals surface area contributed by atoms with Crippen molar-refractivity contribution in [2.24, 2.45) is 0 Å². The van der Waals surface area contributed by atoms with Gasteiger partial charge in [-0.05, 0) is 130 Å². The zero-order valence-electron chi connectivity index (χ0n) is 31.0. The molecule has 0 amide bonds. The predicted octanol–water partition coefficient (Wildman–Crippen LogP) is 12.6. The molecule has 53 heavy (non-hydrogen) atoms. The van der Waals surface area contributed by atoms with Gasteiger partial charge in [-0.25, -0.2) is 4.98 Å². The lowest BCUT2D eigenvalue weighted by atomic mass is 9.96. The molecule has 1 aliphatic heterocycles. The molecule has 260 valence electrons. The molecule has 0 saturated heterocycles. The van der Waals surface area contributed by atoms with Crippen LogP contribution in [-0.2, 0) is 0 Å². The van der Waals surface area contributed by atoms with Crippen LogP contribution in [0.15, 0.2) is 158 Å². The summed E-state index contributed by atoms with van der Waals surface area (Å²) in [7, 11) is 0. The summed E-state index contributed by atoms with van der Waals surface area (Å²) in [5.41, 5.74) is 14.1. The number of hydrogen-bond donors (Lipinski definition) is 0. The third-order valence-electron chi connectivity index (χ3n) is 10.6. The van der Waals surface area contributed by atoms with Crippen molar-refractivity contribution in [1.82, 2.24) is 9.55 Å². The van der Waals surface area contributed by atoms with Gasteiger partial charge in [-0.1, -0.05) is 78.9 Å². The maximum absolute atomic E-state index is 5.00. The van der Waals surface area contributed by atoms with Crippen LogP contribution in [0.25, 0.3) is 38.8 Å². The van der Waals surface area contributed by atoms with Gasteiger partial charge in [-0.3, -0.25) is 4.57 Å². The van der Waals surface area contributed by atoms with Crippen molar-refractivity contribution >= 4 is 55.9 Å². The van der Waals surface area contributed by atoms with Crippen molar-refractivity contribution < 1.29 is 0 Å². The summed E-state index contributed by atoms with van der Waals surface area (Å²) < 4.78 is 2.33. The molecule has 3 heterocycles. The van der Waals surface area contributed by atoms with Crippen molar-refractivity contribution in [2.75, 3.05) is 21.4 Å². The van der Waals surface area contributed by atoms with Crippen LogP contribution in [0.3, 0.4) is 0 Å². The lowest BCUT2D eigenvalue weighted by Crippen LogP contribution is -2.42. The molecule has 0 radical (unpaired) electrons. The van der Waals surface area contributed by atoms with Crippen molar-refractivity contribution in [1.29, 1.82) is 0 Å². The molecular weight excluding hydrogens is 647 g/mol. The lowest BCUT2D eigenvalue weighted by Gasteiger charge is -2.34. The second kappa shape index (κ2) is 12.7. The molecule has 2 aromatic heterocycles. The predicted molar refractivity (Wildman–Crippen MR) is 224 cm³/mol. The van der Waals surface area contributed by atoms with Gasteiger partial charge in [0.1, 0.15) is 5.82 Å². The average Bonchev–Trinajstić information content (AvgIpc) is 3.72. The van der Waals surface area contributed by atoms with E-state index in [1.807, 2.05) is 6.20 Å². The second-order valence-electron chi connectivity index (χ2n) is 15.1. The third kappa shape index (κ3) is 5.60. The zero-order chi connectivity index (χ0) is 36.3. The first-order valence-corrected chi connectivity index (χ1v) is 18.4. The van der Waals surface area contributed by atoms with Crippen LogP contribution in [0, 0.1) is 13.8 Å². The Morgan fingerprint density at radius 1 is 0.566 bits per heavy atom. The van der Waals surface area contributed by atoms with E-state index in [-0.39, 0.29) is 5.54 Å². The summed E-state index contributed by atoms with van der Waals surface area (Å²) in [6.45, 7) is 12.0. The molecule has 5 heteroatoms. The fourth-order valence-electron chi connectivity index (χ4n) is 8.14. The highest BCUT2D eigenvalue weighted by molar-refractivity contribution is 6.10. The van der Waals surface area contributed by atoms with Gasteiger partial charge in [-0.2, -0.15) is 0 Å². The number of para-hydroxylation sites is 4. The van der Waals surface area contributed by atoms with Gasteiger partial charge < -0.3 is 14.7 Å². The Kier molecular flexibility index (Phi) is 7.81. The molecule has 0 unspecified atom stereocenters. The standard InChI is InChI=1S/C48H43N5/c1-33-15-13-16-34(2)47(33)35-27-28-49-46(29-35)53-42-22-10-9-21-40(42)41-26-25-39(31-45(41)53)52(36-17-7-6-8-18-36)38-20-14-19-37(30-38)50-32-51(48(3,4)5)44-24-12-11-23-43(44)50/h6-31H,32H2,1-5H3. The smallest absolute Gasteiger partial charge is 0.138 e. The van der Waals surface area contributed by atoms with Crippen LogP contribution in [0.1, 0.15) is 31.9 Å². The van der Waals surface area contributed by atoms with E-state index in [1.54, 1.807) is 0 Å². The van der Waals surface area contributed by atoms with E-state index in [0.717, 1.165) is 46.3 Å². The summed E-state index contributed by atoms with van der Waals surface area (Å²) in [5.74, 6) is 0.901. The van der Waals surface area contributed by atoms with Crippen LogP contribution < -0.4 is 14.7 Å². The maximum atomic E-state index is 5.00. The largest absolute Gasteiger partial charge is 0.347 e. The Hall–Kier alpha value is -6.33. The summed E-state index contributed by atoms with van der Waals surface area (Å²) in [6, 6.07) is 54.8. The number of nitrogens with zero attached hydrogens (tertiary/aromatic N) is 5. The molecule has 0 bridgehead atoms. The van der Waals surface area contributed by atoms with E-state index in [0.29, 0.717) is 0 Å². The van der Waals surface area contributed by atoms with E-state index in [2.05, 4.69) is 206 Å². The lowest BCUT2D eigenvalue weighted by molar-refractivity contribution is 0.518. The topological polar surface area (TPSA) is 27.5 Å². The molecule has 6 aromatic carbocycles. The molecule has 0 N–H and O–H groups in total. The van der Waals surface area contributed by atoms with E-state index in [1.165, 1.54) is 44.4 Å². The van der Waals surface area contributed by atoms with Gasteiger partial charge in [0.25, 0.3) is 0 Å². The Bertz CT molecular complexity index is 2610.